The maximum atomic E-state index is 12.9. The zero-order chi connectivity index (χ0) is 22.9. The zero-order valence-electron chi connectivity index (χ0n) is 18.1. The van der Waals surface area contributed by atoms with E-state index in [2.05, 4.69) is 28.3 Å². The minimum Gasteiger partial charge on any atom is -0.356 e. The average molecular weight is 459 g/mol. The predicted octanol–water partition coefficient (Wildman–Crippen LogP) is 4.92. The number of alkyl halides is 1. The first-order valence-electron chi connectivity index (χ1n) is 10.9. The van der Waals surface area contributed by atoms with Crippen LogP contribution in [0.2, 0.25) is 0 Å². The molecule has 166 valence electrons. The van der Waals surface area contributed by atoms with Gasteiger partial charge in [-0.2, -0.15) is 0 Å². The predicted molar refractivity (Wildman–Crippen MR) is 130 cm³/mol. The Bertz CT molecular complexity index is 1320. The molecule has 3 heterocycles. The standard InChI is InChI=1S/C26H23ClN4O2/c1-16-14-20-19-6-2-3-7-21(19)29-24(20)25(31(16)23(32)15-27)17-9-11-18(12-10-17)26(33)30-22-8-4-5-13-28-22/h2-13,16,25,29H,14-15H2,1H3,(H,28,30,33)/t16-,25-/m0/s1. The van der Waals surface area contributed by atoms with Gasteiger partial charge in [0.25, 0.3) is 5.91 Å². The van der Waals surface area contributed by atoms with Gasteiger partial charge < -0.3 is 15.2 Å². The number of hydrogen-bond donors (Lipinski definition) is 2. The molecule has 0 saturated heterocycles. The molecule has 2 amide bonds. The maximum Gasteiger partial charge on any atom is 0.256 e. The van der Waals surface area contributed by atoms with Gasteiger partial charge in [-0.25, -0.2) is 4.98 Å². The van der Waals surface area contributed by atoms with Crippen molar-refractivity contribution in [1.82, 2.24) is 14.9 Å². The number of pyridine rings is 1. The fraction of sp³-hybridized carbons (Fsp3) is 0.192. The number of H-pyrrole nitrogens is 1. The van der Waals surface area contributed by atoms with Crippen molar-refractivity contribution < 1.29 is 9.59 Å². The smallest absolute Gasteiger partial charge is 0.256 e. The quantitative estimate of drug-likeness (QED) is 0.426. The molecule has 5 rings (SSSR count). The van der Waals surface area contributed by atoms with E-state index >= 15 is 0 Å². The molecule has 0 aliphatic carbocycles. The molecule has 0 fully saturated rings. The van der Waals surface area contributed by atoms with Crippen molar-refractivity contribution in [3.63, 3.8) is 0 Å². The molecule has 0 unspecified atom stereocenters. The number of halogens is 1. The number of carbonyl (C=O) groups excluding carboxylic acids is 2. The lowest BCUT2D eigenvalue weighted by molar-refractivity contribution is -0.133. The normalized spacial score (nSPS) is 17.6. The summed E-state index contributed by atoms with van der Waals surface area (Å²) in [6.45, 7) is 2.05. The van der Waals surface area contributed by atoms with E-state index in [4.69, 9.17) is 11.6 Å². The number of benzene rings is 2. The summed E-state index contributed by atoms with van der Waals surface area (Å²) < 4.78 is 0. The molecule has 2 atom stereocenters. The van der Waals surface area contributed by atoms with Gasteiger partial charge in [-0.15, -0.1) is 11.6 Å². The molecule has 1 aliphatic heterocycles. The van der Waals surface area contributed by atoms with Crippen LogP contribution in [0.4, 0.5) is 5.82 Å². The molecule has 0 radical (unpaired) electrons. The van der Waals surface area contributed by atoms with E-state index in [1.54, 1.807) is 30.5 Å². The van der Waals surface area contributed by atoms with Crippen LogP contribution in [0.15, 0.2) is 72.9 Å². The summed E-state index contributed by atoms with van der Waals surface area (Å²) in [6, 6.07) is 20.6. The van der Waals surface area contributed by atoms with E-state index in [-0.39, 0.29) is 29.8 Å². The number of amides is 2. The van der Waals surface area contributed by atoms with Crippen LogP contribution in [0.3, 0.4) is 0 Å². The van der Waals surface area contributed by atoms with Crippen LogP contribution >= 0.6 is 11.6 Å². The summed E-state index contributed by atoms with van der Waals surface area (Å²) in [4.78, 5) is 35.1. The van der Waals surface area contributed by atoms with Crippen LogP contribution < -0.4 is 5.32 Å². The van der Waals surface area contributed by atoms with E-state index in [1.807, 2.05) is 41.3 Å². The first kappa shape index (κ1) is 21.2. The third kappa shape index (κ3) is 3.87. The molecular weight excluding hydrogens is 436 g/mol. The average Bonchev–Trinajstić information content (AvgIpc) is 3.21. The maximum absolute atomic E-state index is 12.9. The second-order valence-electron chi connectivity index (χ2n) is 8.24. The van der Waals surface area contributed by atoms with Gasteiger partial charge in [0.05, 0.1) is 6.04 Å². The van der Waals surface area contributed by atoms with Crippen LogP contribution in [0.1, 0.15) is 40.1 Å². The summed E-state index contributed by atoms with van der Waals surface area (Å²) >= 11 is 5.99. The summed E-state index contributed by atoms with van der Waals surface area (Å²) in [5, 5.41) is 3.97. The SMILES string of the molecule is C[C@H]1Cc2c([nH]c3ccccc23)[C@H](c2ccc(C(=O)Nc3ccccn3)cc2)N1C(=O)CCl. The van der Waals surface area contributed by atoms with Crippen molar-refractivity contribution >= 4 is 40.1 Å². The number of rotatable bonds is 4. The largest absolute Gasteiger partial charge is 0.356 e. The summed E-state index contributed by atoms with van der Waals surface area (Å²) in [5.74, 6) is 0.0583. The van der Waals surface area contributed by atoms with E-state index in [9.17, 15) is 9.59 Å². The highest BCUT2D eigenvalue weighted by Crippen LogP contribution is 2.41. The van der Waals surface area contributed by atoms with E-state index in [0.29, 0.717) is 11.4 Å². The molecule has 2 N–H and O–H groups in total. The number of carbonyl (C=O) groups is 2. The molecule has 4 aromatic rings. The lowest BCUT2D eigenvalue weighted by Crippen LogP contribution is -2.46. The Labute approximate surface area is 196 Å². The van der Waals surface area contributed by atoms with Crippen LogP contribution in [0.25, 0.3) is 10.9 Å². The monoisotopic (exact) mass is 458 g/mol. The first-order valence-corrected chi connectivity index (χ1v) is 11.4. The van der Waals surface area contributed by atoms with Gasteiger partial charge in [-0.05, 0) is 54.8 Å². The molecule has 2 aromatic heterocycles. The molecule has 6 nitrogen and oxygen atoms in total. The van der Waals surface area contributed by atoms with Gasteiger partial charge in [0.15, 0.2) is 0 Å². The van der Waals surface area contributed by atoms with Gasteiger partial charge >= 0.3 is 0 Å². The summed E-state index contributed by atoms with van der Waals surface area (Å²) in [5.41, 5.74) is 4.70. The molecular formula is C26H23ClN4O2. The molecule has 33 heavy (non-hydrogen) atoms. The van der Waals surface area contributed by atoms with Gasteiger partial charge in [-0.3, -0.25) is 9.59 Å². The molecule has 0 saturated carbocycles. The fourth-order valence-corrected chi connectivity index (χ4v) is 4.83. The Morgan fingerprint density at radius 3 is 2.58 bits per heavy atom. The lowest BCUT2D eigenvalue weighted by Gasteiger charge is -2.40. The van der Waals surface area contributed by atoms with Gasteiger partial charge in [0, 0.05) is 34.4 Å². The number of fused-ring (bicyclic) bond motifs is 3. The molecule has 7 heteroatoms. The molecule has 1 aliphatic rings. The zero-order valence-corrected chi connectivity index (χ0v) is 18.8. The summed E-state index contributed by atoms with van der Waals surface area (Å²) in [6.07, 6.45) is 2.38. The highest BCUT2D eigenvalue weighted by molar-refractivity contribution is 6.27. The van der Waals surface area contributed by atoms with Gasteiger partial charge in [0.1, 0.15) is 11.7 Å². The van der Waals surface area contributed by atoms with E-state index in [1.165, 1.54) is 10.9 Å². The third-order valence-corrected chi connectivity index (χ3v) is 6.40. The van der Waals surface area contributed by atoms with Crippen LogP contribution in [0.5, 0.6) is 0 Å². The Hall–Kier alpha value is -3.64. The Kier molecular flexibility index (Phi) is 5.60. The Balaban J connectivity index is 1.53. The minimum absolute atomic E-state index is 0.0138. The lowest BCUT2D eigenvalue weighted by atomic mass is 9.88. The van der Waals surface area contributed by atoms with Crippen LogP contribution in [0, 0.1) is 0 Å². The van der Waals surface area contributed by atoms with Crippen molar-refractivity contribution in [3.05, 3.63) is 95.3 Å². The fourth-order valence-electron chi connectivity index (χ4n) is 4.69. The number of hydrogen-bond acceptors (Lipinski definition) is 3. The number of nitrogens with zero attached hydrogens (tertiary/aromatic N) is 2. The van der Waals surface area contributed by atoms with Gasteiger partial charge in [0.2, 0.25) is 5.91 Å². The second kappa shape index (κ2) is 8.71. The van der Waals surface area contributed by atoms with Crippen molar-refractivity contribution in [3.8, 4) is 0 Å². The van der Waals surface area contributed by atoms with Crippen molar-refractivity contribution in [1.29, 1.82) is 0 Å². The topological polar surface area (TPSA) is 78.1 Å². The number of para-hydroxylation sites is 1. The Morgan fingerprint density at radius 1 is 1.09 bits per heavy atom. The van der Waals surface area contributed by atoms with Crippen molar-refractivity contribution in [2.75, 3.05) is 11.2 Å². The minimum atomic E-state index is -0.310. The Morgan fingerprint density at radius 2 is 1.85 bits per heavy atom. The van der Waals surface area contributed by atoms with Crippen molar-refractivity contribution in [2.45, 2.75) is 25.4 Å². The number of aromatic amines is 1. The highest BCUT2D eigenvalue weighted by Gasteiger charge is 2.38. The number of nitrogens with one attached hydrogen (secondary N) is 2. The first-order chi connectivity index (χ1) is 16.1. The number of aromatic nitrogens is 2. The second-order valence-corrected chi connectivity index (χ2v) is 8.51. The van der Waals surface area contributed by atoms with Crippen molar-refractivity contribution in [2.24, 2.45) is 0 Å². The molecule has 0 spiro atoms. The van der Waals surface area contributed by atoms with Crippen LogP contribution in [-0.2, 0) is 11.2 Å². The van der Waals surface area contributed by atoms with Gasteiger partial charge in [-0.1, -0.05) is 36.4 Å². The molecule has 0 bridgehead atoms. The van der Waals surface area contributed by atoms with E-state index < -0.39 is 0 Å². The van der Waals surface area contributed by atoms with E-state index in [0.717, 1.165) is 23.2 Å². The highest BCUT2D eigenvalue weighted by atomic mass is 35.5. The summed E-state index contributed by atoms with van der Waals surface area (Å²) in [7, 11) is 0. The number of anilines is 1. The third-order valence-electron chi connectivity index (χ3n) is 6.17. The molecule has 2 aromatic carbocycles. The van der Waals surface area contributed by atoms with Crippen LogP contribution in [-0.4, -0.2) is 38.6 Å².